The summed E-state index contributed by atoms with van der Waals surface area (Å²) in [7, 11) is 0. The number of ether oxygens (including phenoxy) is 2. The molecule has 0 heterocycles. The predicted molar refractivity (Wildman–Crippen MR) is 84.2 cm³/mol. The number of hydrogen-bond acceptors (Lipinski definition) is 4. The van der Waals surface area contributed by atoms with E-state index >= 15 is 0 Å². The Labute approximate surface area is 142 Å². The summed E-state index contributed by atoms with van der Waals surface area (Å²) in [5.41, 5.74) is -0.569. The molecule has 142 valence electrons. The zero-order valence-corrected chi connectivity index (χ0v) is 15.4. The average Bonchev–Trinajstić information content (AvgIpc) is 2.35. The average molecular weight is 354 g/mol. The summed E-state index contributed by atoms with van der Waals surface area (Å²) in [4.78, 5) is 23.9. The van der Waals surface area contributed by atoms with Crippen LogP contribution in [0.25, 0.3) is 0 Å². The third-order valence-electron chi connectivity index (χ3n) is 2.84. The third kappa shape index (κ3) is 13.2. The molecule has 0 aliphatic heterocycles. The smallest absolute Gasteiger partial charge is 0.389 e. The predicted octanol–water partition coefficient (Wildman–Crippen LogP) is 4.51. The van der Waals surface area contributed by atoms with Gasteiger partial charge in [-0.3, -0.25) is 9.59 Å². The SMILES string of the molecule is CC(C)(C)COC(=O)CC(CCC(F)(F)F)C(=O)OCC(C)(C)C. The Morgan fingerprint density at radius 2 is 1.33 bits per heavy atom. The van der Waals surface area contributed by atoms with Crippen molar-refractivity contribution < 1.29 is 32.2 Å². The summed E-state index contributed by atoms with van der Waals surface area (Å²) in [6, 6.07) is 0. The van der Waals surface area contributed by atoms with Gasteiger partial charge in [-0.1, -0.05) is 41.5 Å². The van der Waals surface area contributed by atoms with E-state index in [1.54, 1.807) is 0 Å². The van der Waals surface area contributed by atoms with Crippen LogP contribution in [0.1, 0.15) is 60.8 Å². The largest absolute Gasteiger partial charge is 0.465 e. The van der Waals surface area contributed by atoms with Gasteiger partial charge in [0.25, 0.3) is 0 Å². The molecule has 0 aromatic heterocycles. The van der Waals surface area contributed by atoms with Crippen molar-refractivity contribution in [3.8, 4) is 0 Å². The molecule has 0 aliphatic rings. The van der Waals surface area contributed by atoms with Gasteiger partial charge in [-0.05, 0) is 17.3 Å². The number of esters is 2. The van der Waals surface area contributed by atoms with Crippen LogP contribution in [0.4, 0.5) is 13.2 Å². The first-order chi connectivity index (χ1) is 10.6. The molecule has 0 amide bonds. The summed E-state index contributed by atoms with van der Waals surface area (Å²) < 4.78 is 47.4. The molecule has 4 nitrogen and oxygen atoms in total. The summed E-state index contributed by atoms with van der Waals surface area (Å²) in [5, 5.41) is 0. The molecule has 0 saturated carbocycles. The quantitative estimate of drug-likeness (QED) is 0.631. The lowest BCUT2D eigenvalue weighted by Gasteiger charge is -2.22. The van der Waals surface area contributed by atoms with E-state index in [0.29, 0.717) is 0 Å². The fourth-order valence-corrected chi connectivity index (χ4v) is 1.60. The van der Waals surface area contributed by atoms with E-state index in [0.717, 1.165) is 0 Å². The Morgan fingerprint density at radius 3 is 1.75 bits per heavy atom. The molecule has 0 rings (SSSR count). The second kappa shape index (κ2) is 8.72. The van der Waals surface area contributed by atoms with Crippen molar-refractivity contribution in [3.05, 3.63) is 0 Å². The Hall–Kier alpha value is -1.27. The molecule has 0 spiro atoms. The molecule has 0 bridgehead atoms. The van der Waals surface area contributed by atoms with Crippen LogP contribution < -0.4 is 0 Å². The van der Waals surface area contributed by atoms with Gasteiger partial charge >= 0.3 is 18.1 Å². The van der Waals surface area contributed by atoms with E-state index in [4.69, 9.17) is 9.47 Å². The lowest BCUT2D eigenvalue weighted by molar-refractivity contribution is -0.162. The fourth-order valence-electron chi connectivity index (χ4n) is 1.60. The Morgan fingerprint density at radius 1 is 0.875 bits per heavy atom. The van der Waals surface area contributed by atoms with Crippen molar-refractivity contribution in [3.63, 3.8) is 0 Å². The van der Waals surface area contributed by atoms with Crippen molar-refractivity contribution in [2.75, 3.05) is 13.2 Å². The maximum atomic E-state index is 12.4. The van der Waals surface area contributed by atoms with Gasteiger partial charge in [0.1, 0.15) is 0 Å². The highest BCUT2D eigenvalue weighted by Crippen LogP contribution is 2.27. The van der Waals surface area contributed by atoms with E-state index < -0.39 is 43.3 Å². The summed E-state index contributed by atoms with van der Waals surface area (Å²) in [6.07, 6.45) is -6.43. The molecule has 1 atom stereocenters. The number of carbonyl (C=O) groups is 2. The third-order valence-corrected chi connectivity index (χ3v) is 2.84. The van der Waals surface area contributed by atoms with E-state index in [1.165, 1.54) is 0 Å². The van der Waals surface area contributed by atoms with Crippen LogP contribution in [0.5, 0.6) is 0 Å². The number of carbonyl (C=O) groups excluding carboxylic acids is 2. The van der Waals surface area contributed by atoms with Crippen LogP contribution in [-0.2, 0) is 19.1 Å². The standard InChI is InChI=1S/C17H29F3O4/c1-15(2,3)10-23-13(21)9-12(7-8-17(18,19)20)14(22)24-11-16(4,5)6/h12H,7-11H2,1-6H3. The molecule has 7 heteroatoms. The van der Waals surface area contributed by atoms with Crippen LogP contribution >= 0.6 is 0 Å². The van der Waals surface area contributed by atoms with Crippen molar-refractivity contribution in [1.82, 2.24) is 0 Å². The van der Waals surface area contributed by atoms with E-state index in [9.17, 15) is 22.8 Å². The van der Waals surface area contributed by atoms with Gasteiger partial charge in [-0.25, -0.2) is 0 Å². The molecule has 0 aromatic rings. The molecule has 0 fully saturated rings. The highest BCUT2D eigenvalue weighted by Gasteiger charge is 2.33. The van der Waals surface area contributed by atoms with Crippen molar-refractivity contribution in [2.24, 2.45) is 16.7 Å². The van der Waals surface area contributed by atoms with Crippen molar-refractivity contribution >= 4 is 11.9 Å². The van der Waals surface area contributed by atoms with Crippen LogP contribution in [0.15, 0.2) is 0 Å². The van der Waals surface area contributed by atoms with Gasteiger partial charge in [-0.2, -0.15) is 13.2 Å². The maximum Gasteiger partial charge on any atom is 0.389 e. The van der Waals surface area contributed by atoms with E-state index in [-0.39, 0.29) is 24.0 Å². The lowest BCUT2D eigenvalue weighted by atomic mass is 9.97. The highest BCUT2D eigenvalue weighted by atomic mass is 19.4. The number of halogens is 3. The zero-order valence-electron chi connectivity index (χ0n) is 15.4. The number of rotatable bonds is 7. The number of hydrogen-bond donors (Lipinski definition) is 0. The minimum absolute atomic E-state index is 0.0748. The van der Waals surface area contributed by atoms with Crippen LogP contribution in [-0.4, -0.2) is 31.3 Å². The Balaban J connectivity index is 4.73. The topological polar surface area (TPSA) is 52.6 Å². The van der Waals surface area contributed by atoms with E-state index in [2.05, 4.69) is 0 Å². The molecule has 0 saturated heterocycles. The molecular formula is C17H29F3O4. The molecule has 0 N–H and O–H groups in total. The van der Waals surface area contributed by atoms with Gasteiger partial charge < -0.3 is 9.47 Å². The van der Waals surface area contributed by atoms with Crippen molar-refractivity contribution in [2.45, 2.75) is 67.0 Å². The van der Waals surface area contributed by atoms with Crippen molar-refractivity contribution in [1.29, 1.82) is 0 Å². The highest BCUT2D eigenvalue weighted by molar-refractivity contribution is 5.80. The maximum absolute atomic E-state index is 12.4. The minimum Gasteiger partial charge on any atom is -0.465 e. The Bertz CT molecular complexity index is 417. The molecule has 0 radical (unpaired) electrons. The molecule has 24 heavy (non-hydrogen) atoms. The monoisotopic (exact) mass is 354 g/mol. The molecule has 0 aromatic carbocycles. The first-order valence-electron chi connectivity index (χ1n) is 7.98. The normalized spacial score (nSPS) is 14.2. The first kappa shape index (κ1) is 22.7. The van der Waals surface area contributed by atoms with Crippen LogP contribution in [0, 0.1) is 16.7 Å². The zero-order chi connectivity index (χ0) is 19.2. The minimum atomic E-state index is -4.39. The van der Waals surface area contributed by atoms with Crippen LogP contribution in [0.2, 0.25) is 0 Å². The summed E-state index contributed by atoms with van der Waals surface area (Å²) in [5.74, 6) is -2.63. The van der Waals surface area contributed by atoms with Gasteiger partial charge in [0.15, 0.2) is 0 Å². The second-order valence-corrected chi connectivity index (χ2v) is 8.44. The molecule has 0 aliphatic carbocycles. The Kier molecular flexibility index (Phi) is 8.26. The fraction of sp³-hybridized carbons (Fsp3) is 0.882. The number of alkyl halides is 3. The molecule has 1 unspecified atom stereocenters. The van der Waals surface area contributed by atoms with E-state index in [1.807, 2.05) is 41.5 Å². The summed E-state index contributed by atoms with van der Waals surface area (Å²) >= 11 is 0. The second-order valence-electron chi connectivity index (χ2n) is 8.44. The van der Waals surface area contributed by atoms with Crippen LogP contribution in [0.3, 0.4) is 0 Å². The van der Waals surface area contributed by atoms with Gasteiger partial charge in [0, 0.05) is 6.42 Å². The summed E-state index contributed by atoms with van der Waals surface area (Å²) in [6.45, 7) is 11.3. The van der Waals surface area contributed by atoms with Gasteiger partial charge in [0.05, 0.1) is 25.6 Å². The van der Waals surface area contributed by atoms with Gasteiger partial charge in [-0.15, -0.1) is 0 Å². The molecular weight excluding hydrogens is 325 g/mol. The first-order valence-corrected chi connectivity index (χ1v) is 7.98. The lowest BCUT2D eigenvalue weighted by Crippen LogP contribution is -2.28. The van der Waals surface area contributed by atoms with Gasteiger partial charge in [0.2, 0.25) is 0 Å².